The second-order valence-electron chi connectivity index (χ2n) is 5.59. The van der Waals surface area contributed by atoms with E-state index < -0.39 is 0 Å². The largest absolute Gasteiger partial charge is 0.484 e. The average molecular weight is 368 g/mol. The van der Waals surface area contributed by atoms with E-state index in [1.807, 2.05) is 24.3 Å². The minimum absolute atomic E-state index is 0.0312. The highest BCUT2D eigenvalue weighted by Gasteiger charge is 2.17. The lowest BCUT2D eigenvalue weighted by Crippen LogP contribution is -2.39. The first kappa shape index (κ1) is 17.0. The van der Waals surface area contributed by atoms with Crippen LogP contribution in [0, 0.1) is 0 Å². The van der Waals surface area contributed by atoms with E-state index in [0.29, 0.717) is 11.8 Å². The summed E-state index contributed by atoms with van der Waals surface area (Å²) in [5.74, 6) is 0.429. The predicted molar refractivity (Wildman–Crippen MR) is 91.2 cm³/mol. The number of ether oxygens (including phenoxy) is 1. The lowest BCUT2D eigenvalue weighted by Gasteiger charge is -2.30. The van der Waals surface area contributed by atoms with Crippen LogP contribution in [0.25, 0.3) is 0 Å². The highest BCUT2D eigenvalue weighted by atomic mass is 79.9. The summed E-state index contributed by atoms with van der Waals surface area (Å²) in [6, 6.07) is 7.93. The van der Waals surface area contributed by atoms with Gasteiger partial charge in [-0.05, 0) is 38.1 Å². The quantitative estimate of drug-likeness (QED) is 0.814. The van der Waals surface area contributed by atoms with Crippen molar-refractivity contribution in [1.29, 1.82) is 0 Å². The average Bonchev–Trinajstić information content (AvgIpc) is 2.52. The third kappa shape index (κ3) is 5.42. The molecule has 6 heteroatoms. The Bertz CT molecular complexity index is 519. The maximum atomic E-state index is 11.7. The third-order valence-electron chi connectivity index (χ3n) is 3.63. The maximum Gasteiger partial charge on any atom is 0.277 e. The Kier molecular flexibility index (Phi) is 6.39. The van der Waals surface area contributed by atoms with Crippen LogP contribution in [0.1, 0.15) is 26.7 Å². The molecule has 0 saturated carbocycles. The van der Waals surface area contributed by atoms with Crippen molar-refractivity contribution in [2.45, 2.75) is 32.7 Å². The van der Waals surface area contributed by atoms with E-state index in [0.717, 1.165) is 36.1 Å². The lowest BCUT2D eigenvalue weighted by atomic mass is 10.1. The van der Waals surface area contributed by atoms with Gasteiger partial charge in [-0.1, -0.05) is 15.9 Å². The number of carbonyl (C=O) groups is 1. The summed E-state index contributed by atoms with van der Waals surface area (Å²) in [4.78, 5) is 14.1. The molecule has 0 radical (unpaired) electrons. The number of hydrogen-bond acceptors (Lipinski definition) is 4. The van der Waals surface area contributed by atoms with Gasteiger partial charge in [0.25, 0.3) is 5.91 Å². The fourth-order valence-corrected chi connectivity index (χ4v) is 2.53. The SMILES string of the molecule is CC(C)N1CCC(=NNC(=O)COc2ccc(Br)cc2)CC1. The van der Waals surface area contributed by atoms with Crippen molar-refractivity contribution in [2.75, 3.05) is 19.7 Å². The molecule has 5 nitrogen and oxygen atoms in total. The minimum Gasteiger partial charge on any atom is -0.484 e. The molecule has 1 fully saturated rings. The number of nitrogens with one attached hydrogen (secondary N) is 1. The first-order valence-electron chi connectivity index (χ1n) is 7.51. The van der Waals surface area contributed by atoms with Crippen LogP contribution >= 0.6 is 15.9 Å². The fraction of sp³-hybridized carbons (Fsp3) is 0.500. The molecular weight excluding hydrogens is 346 g/mol. The summed E-state index contributed by atoms with van der Waals surface area (Å²) in [5, 5.41) is 4.21. The Morgan fingerprint density at radius 3 is 2.55 bits per heavy atom. The monoisotopic (exact) mass is 367 g/mol. The van der Waals surface area contributed by atoms with Crippen molar-refractivity contribution < 1.29 is 9.53 Å². The van der Waals surface area contributed by atoms with Crippen LogP contribution in [0.4, 0.5) is 0 Å². The topological polar surface area (TPSA) is 53.9 Å². The Labute approximate surface area is 139 Å². The Hall–Kier alpha value is -1.40. The number of rotatable bonds is 5. The molecule has 0 spiro atoms. The molecule has 0 bridgehead atoms. The molecule has 22 heavy (non-hydrogen) atoms. The maximum absolute atomic E-state index is 11.7. The second-order valence-corrected chi connectivity index (χ2v) is 6.50. The van der Waals surface area contributed by atoms with Crippen LogP contribution < -0.4 is 10.2 Å². The number of likely N-dealkylation sites (tertiary alicyclic amines) is 1. The summed E-state index contributed by atoms with van der Waals surface area (Å²) in [7, 11) is 0. The normalized spacial score (nSPS) is 15.7. The number of amides is 1. The third-order valence-corrected chi connectivity index (χ3v) is 4.16. The van der Waals surface area contributed by atoms with Crippen LogP contribution in [-0.2, 0) is 4.79 Å². The van der Waals surface area contributed by atoms with Gasteiger partial charge in [0, 0.05) is 42.2 Å². The molecule has 0 unspecified atom stereocenters. The van der Waals surface area contributed by atoms with E-state index >= 15 is 0 Å². The van der Waals surface area contributed by atoms with Gasteiger partial charge in [-0.3, -0.25) is 4.79 Å². The number of hydrogen-bond donors (Lipinski definition) is 1. The molecule has 0 aliphatic carbocycles. The first-order chi connectivity index (χ1) is 10.5. The summed E-state index contributed by atoms with van der Waals surface area (Å²) in [6.07, 6.45) is 1.82. The van der Waals surface area contributed by atoms with E-state index in [-0.39, 0.29) is 12.5 Å². The standard InChI is InChI=1S/C16H22BrN3O2/c1-12(2)20-9-7-14(8-10-20)18-19-16(21)11-22-15-5-3-13(17)4-6-15/h3-6,12H,7-11H2,1-2H3,(H,19,21). The number of halogens is 1. The molecule has 120 valence electrons. The van der Waals surface area contributed by atoms with Crippen LogP contribution in [-0.4, -0.2) is 42.3 Å². The van der Waals surface area contributed by atoms with Gasteiger partial charge >= 0.3 is 0 Å². The molecule has 1 aliphatic rings. The van der Waals surface area contributed by atoms with E-state index in [4.69, 9.17) is 4.74 Å². The zero-order chi connectivity index (χ0) is 15.9. The zero-order valence-corrected chi connectivity index (χ0v) is 14.6. The van der Waals surface area contributed by atoms with E-state index in [2.05, 4.69) is 45.2 Å². The van der Waals surface area contributed by atoms with Gasteiger partial charge in [0.1, 0.15) is 5.75 Å². The van der Waals surface area contributed by atoms with Gasteiger partial charge in [-0.25, -0.2) is 5.43 Å². The molecule has 1 N–H and O–H groups in total. The van der Waals surface area contributed by atoms with E-state index in [1.54, 1.807) is 0 Å². The van der Waals surface area contributed by atoms with E-state index in [1.165, 1.54) is 0 Å². The van der Waals surface area contributed by atoms with Crippen LogP contribution in [0.3, 0.4) is 0 Å². The molecule has 0 aromatic heterocycles. The minimum atomic E-state index is -0.235. The molecule has 2 rings (SSSR count). The second kappa shape index (κ2) is 8.29. The van der Waals surface area contributed by atoms with Crippen LogP contribution in [0.2, 0.25) is 0 Å². The number of nitrogens with zero attached hydrogens (tertiary/aromatic N) is 2. The van der Waals surface area contributed by atoms with Gasteiger partial charge in [0.05, 0.1) is 0 Å². The highest BCUT2D eigenvalue weighted by molar-refractivity contribution is 9.10. The van der Waals surface area contributed by atoms with Crippen LogP contribution in [0.5, 0.6) is 5.75 Å². The van der Waals surface area contributed by atoms with Gasteiger partial charge in [0.15, 0.2) is 6.61 Å². The van der Waals surface area contributed by atoms with Crippen molar-refractivity contribution in [3.05, 3.63) is 28.7 Å². The molecule has 1 amide bonds. The number of benzene rings is 1. The van der Waals surface area contributed by atoms with Crippen molar-refractivity contribution >= 4 is 27.5 Å². The smallest absolute Gasteiger partial charge is 0.277 e. The van der Waals surface area contributed by atoms with Crippen molar-refractivity contribution in [2.24, 2.45) is 5.10 Å². The molecule has 0 atom stereocenters. The highest BCUT2D eigenvalue weighted by Crippen LogP contribution is 2.15. The molecule has 1 aromatic rings. The summed E-state index contributed by atoms with van der Waals surface area (Å²) >= 11 is 3.35. The molecule has 1 aliphatic heterocycles. The Balaban J connectivity index is 1.71. The molecule has 1 aromatic carbocycles. The van der Waals surface area contributed by atoms with Crippen LogP contribution in [0.15, 0.2) is 33.8 Å². The molecular formula is C16H22BrN3O2. The van der Waals surface area contributed by atoms with Gasteiger partial charge < -0.3 is 9.64 Å². The van der Waals surface area contributed by atoms with Crippen molar-refractivity contribution in [3.63, 3.8) is 0 Å². The van der Waals surface area contributed by atoms with E-state index in [9.17, 15) is 4.79 Å². The Morgan fingerprint density at radius 1 is 1.32 bits per heavy atom. The van der Waals surface area contributed by atoms with Gasteiger partial charge in [-0.15, -0.1) is 0 Å². The number of carbonyl (C=O) groups excluding carboxylic acids is 1. The summed E-state index contributed by atoms with van der Waals surface area (Å²) in [6.45, 7) is 6.37. The van der Waals surface area contributed by atoms with Gasteiger partial charge in [0.2, 0.25) is 0 Å². The first-order valence-corrected chi connectivity index (χ1v) is 8.30. The predicted octanol–water partition coefficient (Wildman–Crippen LogP) is 2.80. The summed E-state index contributed by atoms with van der Waals surface area (Å²) < 4.78 is 6.38. The lowest BCUT2D eigenvalue weighted by molar-refractivity contribution is -0.123. The summed E-state index contributed by atoms with van der Waals surface area (Å²) in [5.41, 5.74) is 3.62. The van der Waals surface area contributed by atoms with Crippen molar-refractivity contribution in [3.8, 4) is 5.75 Å². The number of piperidine rings is 1. The molecule has 1 heterocycles. The molecule has 1 saturated heterocycles. The van der Waals surface area contributed by atoms with Crippen molar-refractivity contribution in [1.82, 2.24) is 10.3 Å². The fourth-order valence-electron chi connectivity index (χ4n) is 2.26. The Morgan fingerprint density at radius 2 is 1.95 bits per heavy atom. The van der Waals surface area contributed by atoms with Gasteiger partial charge in [-0.2, -0.15) is 5.10 Å². The number of hydrazone groups is 1. The zero-order valence-electron chi connectivity index (χ0n) is 13.0.